The molecule has 0 spiro atoms. The fourth-order valence-electron chi connectivity index (χ4n) is 1.79. The van der Waals surface area contributed by atoms with E-state index in [9.17, 15) is 9.59 Å². The zero-order valence-electron chi connectivity index (χ0n) is 10.2. The number of hydrogen-bond donors (Lipinski definition) is 3. The molecule has 104 valence electrons. The first-order valence-corrected chi connectivity index (χ1v) is 7.03. The third kappa shape index (κ3) is 3.60. The second-order valence-corrected chi connectivity index (χ2v) is 5.19. The average Bonchev–Trinajstić information content (AvgIpc) is 2.91. The van der Waals surface area contributed by atoms with Crippen LogP contribution in [0.3, 0.4) is 0 Å². The summed E-state index contributed by atoms with van der Waals surface area (Å²) < 4.78 is 0. The van der Waals surface area contributed by atoms with Gasteiger partial charge in [-0.2, -0.15) is 16.9 Å². The largest absolute Gasteiger partial charge is 0.480 e. The predicted molar refractivity (Wildman–Crippen MR) is 68.9 cm³/mol. The Labute approximate surface area is 114 Å². The molecule has 9 heteroatoms. The Kier molecular flexibility index (Phi) is 4.61. The molecule has 2 amide bonds. The summed E-state index contributed by atoms with van der Waals surface area (Å²) in [5.41, 5.74) is 0. The monoisotopic (exact) mass is 285 g/mol. The molecule has 0 aromatic carbocycles. The first-order chi connectivity index (χ1) is 9.18. The fourth-order valence-corrected chi connectivity index (χ4v) is 2.83. The zero-order valence-corrected chi connectivity index (χ0v) is 11.0. The van der Waals surface area contributed by atoms with Crippen LogP contribution >= 0.6 is 11.8 Å². The molecule has 0 aliphatic carbocycles. The Morgan fingerprint density at radius 2 is 2.47 bits per heavy atom. The number of amides is 2. The number of carbonyl (C=O) groups is 2. The van der Waals surface area contributed by atoms with E-state index in [1.807, 2.05) is 0 Å². The van der Waals surface area contributed by atoms with Crippen molar-refractivity contribution in [3.05, 3.63) is 12.2 Å². The number of urea groups is 1. The van der Waals surface area contributed by atoms with Gasteiger partial charge in [-0.15, -0.1) is 0 Å². The number of aromatic amines is 1. The maximum absolute atomic E-state index is 11.9. The van der Waals surface area contributed by atoms with Crippen molar-refractivity contribution >= 4 is 23.8 Å². The molecule has 1 aromatic heterocycles. The first kappa shape index (κ1) is 13.7. The molecule has 2 rings (SSSR count). The zero-order chi connectivity index (χ0) is 13.7. The maximum atomic E-state index is 11.9. The highest BCUT2D eigenvalue weighted by Crippen LogP contribution is 2.16. The van der Waals surface area contributed by atoms with Crippen molar-refractivity contribution < 1.29 is 14.7 Å². The van der Waals surface area contributed by atoms with E-state index in [2.05, 4.69) is 20.5 Å². The van der Waals surface area contributed by atoms with Crippen LogP contribution in [0.15, 0.2) is 6.33 Å². The number of rotatable bonds is 4. The van der Waals surface area contributed by atoms with Gasteiger partial charge in [-0.1, -0.05) is 0 Å². The van der Waals surface area contributed by atoms with Crippen LogP contribution in [0.4, 0.5) is 4.79 Å². The Morgan fingerprint density at radius 3 is 3.16 bits per heavy atom. The summed E-state index contributed by atoms with van der Waals surface area (Å²) in [6.07, 6.45) is 1.94. The van der Waals surface area contributed by atoms with Crippen LogP contribution in [-0.4, -0.2) is 67.8 Å². The van der Waals surface area contributed by atoms with Crippen molar-refractivity contribution in [1.29, 1.82) is 0 Å². The van der Waals surface area contributed by atoms with Crippen molar-refractivity contribution in [2.24, 2.45) is 0 Å². The van der Waals surface area contributed by atoms with E-state index in [1.54, 1.807) is 11.8 Å². The number of hydrogen-bond acceptors (Lipinski definition) is 5. The highest BCUT2D eigenvalue weighted by Gasteiger charge is 2.32. The summed E-state index contributed by atoms with van der Waals surface area (Å²) in [6.45, 7) is 0.847. The molecule has 1 aliphatic rings. The molecule has 0 bridgehead atoms. The summed E-state index contributed by atoms with van der Waals surface area (Å²) >= 11 is 1.55. The number of aromatic nitrogens is 3. The highest BCUT2D eigenvalue weighted by molar-refractivity contribution is 7.99. The summed E-state index contributed by atoms with van der Waals surface area (Å²) in [4.78, 5) is 28.3. The molecule has 0 radical (unpaired) electrons. The van der Waals surface area contributed by atoms with Gasteiger partial charge in [0.25, 0.3) is 0 Å². The normalized spacial score (nSPS) is 19.2. The molecule has 0 saturated carbocycles. The van der Waals surface area contributed by atoms with Crippen LogP contribution in [0.25, 0.3) is 0 Å². The van der Waals surface area contributed by atoms with E-state index < -0.39 is 12.0 Å². The summed E-state index contributed by atoms with van der Waals surface area (Å²) in [7, 11) is 0. The molecule has 2 heterocycles. The van der Waals surface area contributed by atoms with Crippen LogP contribution in [-0.2, 0) is 11.2 Å². The third-order valence-corrected chi connectivity index (χ3v) is 3.80. The second-order valence-electron chi connectivity index (χ2n) is 4.04. The molecule has 19 heavy (non-hydrogen) atoms. The van der Waals surface area contributed by atoms with Gasteiger partial charge in [0.2, 0.25) is 0 Å². The van der Waals surface area contributed by atoms with Crippen molar-refractivity contribution in [2.75, 3.05) is 24.6 Å². The Hall–Kier alpha value is -1.77. The van der Waals surface area contributed by atoms with Crippen LogP contribution in [0, 0.1) is 0 Å². The van der Waals surface area contributed by atoms with Gasteiger partial charge < -0.3 is 15.3 Å². The summed E-state index contributed by atoms with van der Waals surface area (Å²) in [5.74, 6) is 0.923. The SMILES string of the molecule is O=C(O)C1CSCCN1C(=O)NCCc1ncn[nH]1. The van der Waals surface area contributed by atoms with E-state index in [0.717, 1.165) is 5.75 Å². The van der Waals surface area contributed by atoms with Crippen molar-refractivity contribution in [3.8, 4) is 0 Å². The molecular formula is C10H15N5O3S. The molecule has 1 aliphatic heterocycles. The second kappa shape index (κ2) is 6.41. The molecule has 1 fully saturated rings. The maximum Gasteiger partial charge on any atom is 0.327 e. The van der Waals surface area contributed by atoms with Gasteiger partial charge in [-0.05, 0) is 0 Å². The summed E-state index contributed by atoms with van der Waals surface area (Å²) in [6, 6.07) is -1.09. The van der Waals surface area contributed by atoms with Gasteiger partial charge in [0.05, 0.1) is 0 Å². The molecule has 1 atom stereocenters. The number of carboxylic acids is 1. The third-order valence-electron chi connectivity index (χ3n) is 2.78. The van der Waals surface area contributed by atoms with Gasteiger partial charge >= 0.3 is 12.0 Å². The lowest BCUT2D eigenvalue weighted by atomic mass is 10.3. The Balaban J connectivity index is 1.82. The van der Waals surface area contributed by atoms with E-state index in [1.165, 1.54) is 11.2 Å². The minimum Gasteiger partial charge on any atom is -0.480 e. The minimum absolute atomic E-state index is 0.341. The van der Waals surface area contributed by atoms with E-state index >= 15 is 0 Å². The van der Waals surface area contributed by atoms with Crippen molar-refractivity contribution in [3.63, 3.8) is 0 Å². The van der Waals surface area contributed by atoms with Crippen LogP contribution in [0.2, 0.25) is 0 Å². The number of aliphatic carboxylic acids is 1. The van der Waals surface area contributed by atoms with Crippen molar-refractivity contribution in [1.82, 2.24) is 25.4 Å². The molecule has 1 saturated heterocycles. The Bertz CT molecular complexity index is 438. The quantitative estimate of drug-likeness (QED) is 0.691. The number of nitrogens with zero attached hydrogens (tertiary/aromatic N) is 3. The predicted octanol–water partition coefficient (Wildman–Crippen LogP) is -0.441. The number of carboxylic acid groups (broad SMARTS) is 1. The molecular weight excluding hydrogens is 270 g/mol. The highest BCUT2D eigenvalue weighted by atomic mass is 32.2. The number of thioether (sulfide) groups is 1. The molecule has 8 nitrogen and oxygen atoms in total. The lowest BCUT2D eigenvalue weighted by Crippen LogP contribution is -2.54. The van der Waals surface area contributed by atoms with Gasteiger partial charge in [0, 0.05) is 31.0 Å². The van der Waals surface area contributed by atoms with Crippen LogP contribution in [0.5, 0.6) is 0 Å². The van der Waals surface area contributed by atoms with E-state index in [-0.39, 0.29) is 6.03 Å². The van der Waals surface area contributed by atoms with Gasteiger partial charge in [-0.3, -0.25) is 5.10 Å². The smallest absolute Gasteiger partial charge is 0.327 e. The van der Waals surface area contributed by atoms with E-state index in [4.69, 9.17) is 5.11 Å². The van der Waals surface area contributed by atoms with Crippen LogP contribution < -0.4 is 5.32 Å². The number of H-pyrrole nitrogens is 1. The summed E-state index contributed by atoms with van der Waals surface area (Å²) in [5, 5.41) is 18.2. The minimum atomic E-state index is -0.961. The number of nitrogens with one attached hydrogen (secondary N) is 2. The van der Waals surface area contributed by atoms with Gasteiger partial charge in [-0.25, -0.2) is 14.6 Å². The molecule has 1 unspecified atom stereocenters. The fraction of sp³-hybridized carbons (Fsp3) is 0.600. The molecule has 3 N–H and O–H groups in total. The molecule has 1 aromatic rings. The number of carbonyl (C=O) groups excluding carboxylic acids is 1. The lowest BCUT2D eigenvalue weighted by Gasteiger charge is -2.32. The standard InChI is InChI=1S/C10H15N5O3S/c16-9(17)7-5-19-4-3-15(7)10(18)11-2-1-8-12-6-13-14-8/h6-7H,1-5H2,(H,11,18)(H,16,17)(H,12,13,14). The Morgan fingerprint density at radius 1 is 1.63 bits per heavy atom. The lowest BCUT2D eigenvalue weighted by molar-refractivity contribution is -0.141. The van der Waals surface area contributed by atoms with Gasteiger partial charge in [0.1, 0.15) is 18.2 Å². The first-order valence-electron chi connectivity index (χ1n) is 5.87. The average molecular weight is 285 g/mol. The van der Waals surface area contributed by atoms with E-state index in [0.29, 0.717) is 31.1 Å². The van der Waals surface area contributed by atoms with Crippen molar-refractivity contribution in [2.45, 2.75) is 12.5 Å². The topological polar surface area (TPSA) is 111 Å². The van der Waals surface area contributed by atoms with Crippen LogP contribution in [0.1, 0.15) is 5.82 Å². The van der Waals surface area contributed by atoms with Gasteiger partial charge in [0.15, 0.2) is 0 Å².